The minimum Gasteiger partial charge on any atom is -0.496 e. The van der Waals surface area contributed by atoms with Crippen molar-refractivity contribution >= 4 is 19.9 Å². The molecule has 1 atom stereocenters. The van der Waals surface area contributed by atoms with E-state index in [9.17, 15) is 4.79 Å². The molecule has 150 valence electrons. The number of hydrogen-bond acceptors (Lipinski definition) is 4. The van der Waals surface area contributed by atoms with Crippen LogP contribution in [0.3, 0.4) is 0 Å². The Hall–Kier alpha value is -1.79. The fourth-order valence-electron chi connectivity index (χ4n) is 3.00. The van der Waals surface area contributed by atoms with E-state index < -0.39 is 8.32 Å². The summed E-state index contributed by atoms with van der Waals surface area (Å²) in [5.74, 6) is 0.563. The van der Waals surface area contributed by atoms with Gasteiger partial charge < -0.3 is 19.8 Å². The topological polar surface area (TPSA) is 64.8 Å². The zero-order chi connectivity index (χ0) is 20.6. The zero-order valence-electron chi connectivity index (χ0n) is 18.0. The van der Waals surface area contributed by atoms with Gasteiger partial charge in [-0.05, 0) is 56.1 Å². The molecule has 0 bridgehead atoms. The van der Waals surface area contributed by atoms with Gasteiger partial charge in [0, 0.05) is 11.9 Å². The molecular formula is C21H34N2O3Si. The van der Waals surface area contributed by atoms with Gasteiger partial charge in [-0.2, -0.15) is 0 Å². The number of rotatable bonds is 5. The fourth-order valence-corrected chi connectivity index (χ4v) is 4.05. The highest BCUT2D eigenvalue weighted by Crippen LogP contribution is 2.37. The van der Waals surface area contributed by atoms with Gasteiger partial charge in [0.05, 0.1) is 25.3 Å². The predicted octanol–water partition coefficient (Wildman–Crippen LogP) is 4.73. The molecule has 0 saturated heterocycles. The van der Waals surface area contributed by atoms with E-state index in [2.05, 4.69) is 33.9 Å². The van der Waals surface area contributed by atoms with E-state index >= 15 is 0 Å². The van der Waals surface area contributed by atoms with Crippen LogP contribution in [0.2, 0.25) is 18.1 Å². The Bertz CT molecular complexity index is 751. The van der Waals surface area contributed by atoms with Crippen molar-refractivity contribution in [3.05, 3.63) is 35.0 Å². The standard InChI is InChI=1S/C21H34N2O3Si/c1-14-9-16(13-26-27(7,8)21(3,4)5)23(12-14)20(24)17-11-19(25-6)15(2)10-18(17)22/h10-12,16H,9,13,22H2,1-8H3/t16-/m0/s1. The average Bonchev–Trinajstić information content (AvgIpc) is 2.92. The second kappa shape index (κ2) is 7.68. The van der Waals surface area contributed by atoms with Gasteiger partial charge in [0.1, 0.15) is 5.75 Å². The maximum absolute atomic E-state index is 13.2. The second-order valence-electron chi connectivity index (χ2n) is 9.03. The maximum atomic E-state index is 13.2. The first kappa shape index (κ1) is 21.5. The lowest BCUT2D eigenvalue weighted by molar-refractivity contribution is 0.0738. The van der Waals surface area contributed by atoms with Crippen molar-refractivity contribution < 1.29 is 14.0 Å². The van der Waals surface area contributed by atoms with Gasteiger partial charge in [0.2, 0.25) is 0 Å². The van der Waals surface area contributed by atoms with Gasteiger partial charge in [0.25, 0.3) is 5.91 Å². The van der Waals surface area contributed by atoms with Crippen molar-refractivity contribution in [2.45, 2.75) is 65.2 Å². The summed E-state index contributed by atoms with van der Waals surface area (Å²) in [4.78, 5) is 15.0. The quantitative estimate of drug-likeness (QED) is 0.583. The van der Waals surface area contributed by atoms with Crippen molar-refractivity contribution in [3.8, 4) is 5.75 Å². The van der Waals surface area contributed by atoms with E-state index in [0.717, 1.165) is 12.0 Å². The van der Waals surface area contributed by atoms with Crippen molar-refractivity contribution in [2.75, 3.05) is 19.5 Å². The first-order chi connectivity index (χ1) is 12.4. The van der Waals surface area contributed by atoms with Crippen molar-refractivity contribution in [1.82, 2.24) is 4.90 Å². The summed E-state index contributed by atoms with van der Waals surface area (Å²) in [5, 5.41) is 0.137. The molecule has 2 N–H and O–H groups in total. The van der Waals surface area contributed by atoms with Gasteiger partial charge in [-0.1, -0.05) is 26.3 Å². The Morgan fingerprint density at radius 2 is 1.93 bits per heavy atom. The molecule has 2 rings (SSSR count). The summed E-state index contributed by atoms with van der Waals surface area (Å²) >= 11 is 0. The van der Waals surface area contributed by atoms with Crippen LogP contribution in [0.25, 0.3) is 0 Å². The van der Waals surface area contributed by atoms with E-state index in [1.807, 2.05) is 20.0 Å². The lowest BCUT2D eigenvalue weighted by Gasteiger charge is -2.38. The van der Waals surface area contributed by atoms with Crippen LogP contribution in [0.1, 0.15) is 50.0 Å². The molecule has 1 aromatic rings. The van der Waals surface area contributed by atoms with E-state index in [1.54, 1.807) is 24.1 Å². The summed E-state index contributed by atoms with van der Waals surface area (Å²) in [6.45, 7) is 15.6. The van der Waals surface area contributed by atoms with Crippen LogP contribution in [-0.2, 0) is 4.43 Å². The molecule has 0 aromatic heterocycles. The van der Waals surface area contributed by atoms with Crippen LogP contribution in [0.15, 0.2) is 23.9 Å². The number of carbonyl (C=O) groups excluding carboxylic acids is 1. The van der Waals surface area contributed by atoms with Crippen LogP contribution >= 0.6 is 0 Å². The number of ether oxygens (including phenoxy) is 1. The van der Waals surface area contributed by atoms with Gasteiger partial charge in [0.15, 0.2) is 8.32 Å². The van der Waals surface area contributed by atoms with Crippen LogP contribution in [-0.4, -0.2) is 38.9 Å². The Kier molecular flexibility index (Phi) is 6.12. The molecule has 0 saturated carbocycles. The molecule has 0 aliphatic carbocycles. The van der Waals surface area contributed by atoms with Gasteiger partial charge in [-0.15, -0.1) is 0 Å². The average molecular weight is 391 g/mol. The predicted molar refractivity (Wildman–Crippen MR) is 114 cm³/mol. The summed E-state index contributed by atoms with van der Waals surface area (Å²) < 4.78 is 11.8. The molecule has 1 heterocycles. The second-order valence-corrected chi connectivity index (χ2v) is 13.8. The molecule has 1 amide bonds. The van der Waals surface area contributed by atoms with E-state index in [4.69, 9.17) is 14.9 Å². The molecule has 0 unspecified atom stereocenters. The highest BCUT2D eigenvalue weighted by Gasteiger charge is 2.39. The fraction of sp³-hybridized carbons (Fsp3) is 0.571. The maximum Gasteiger partial charge on any atom is 0.260 e. The van der Waals surface area contributed by atoms with Gasteiger partial charge in [-0.3, -0.25) is 4.79 Å². The van der Waals surface area contributed by atoms with Gasteiger partial charge in [-0.25, -0.2) is 0 Å². The highest BCUT2D eigenvalue weighted by atomic mass is 28.4. The molecule has 6 heteroatoms. The van der Waals surface area contributed by atoms with E-state index in [0.29, 0.717) is 23.6 Å². The summed E-state index contributed by atoms with van der Waals surface area (Å²) in [7, 11) is -0.277. The van der Waals surface area contributed by atoms with Crippen LogP contribution in [0.4, 0.5) is 5.69 Å². The number of nitrogen functional groups attached to an aromatic ring is 1. The number of nitrogens with zero attached hydrogens (tertiary/aromatic N) is 1. The van der Waals surface area contributed by atoms with Crippen molar-refractivity contribution in [1.29, 1.82) is 0 Å². The number of nitrogens with two attached hydrogens (primary N) is 1. The Balaban J connectivity index is 2.24. The number of anilines is 1. The Labute approximate surface area is 164 Å². The third kappa shape index (κ3) is 4.55. The summed E-state index contributed by atoms with van der Waals surface area (Å²) in [5.41, 5.74) is 9.18. The third-order valence-corrected chi connectivity index (χ3v) is 10.3. The molecular weight excluding hydrogens is 356 g/mol. The first-order valence-electron chi connectivity index (χ1n) is 9.45. The zero-order valence-corrected chi connectivity index (χ0v) is 19.0. The molecule has 0 fully saturated rings. The number of benzene rings is 1. The largest absolute Gasteiger partial charge is 0.496 e. The number of amides is 1. The number of aryl methyl sites for hydroxylation is 1. The van der Waals surface area contributed by atoms with Crippen LogP contribution in [0.5, 0.6) is 5.75 Å². The van der Waals surface area contributed by atoms with Gasteiger partial charge >= 0.3 is 0 Å². The number of methoxy groups -OCH3 is 1. The molecule has 0 radical (unpaired) electrons. The molecule has 27 heavy (non-hydrogen) atoms. The number of hydrogen-bond donors (Lipinski definition) is 1. The first-order valence-corrected chi connectivity index (χ1v) is 12.4. The third-order valence-electron chi connectivity index (χ3n) is 5.79. The molecule has 0 spiro atoms. The van der Waals surface area contributed by atoms with Crippen molar-refractivity contribution in [3.63, 3.8) is 0 Å². The monoisotopic (exact) mass is 390 g/mol. The SMILES string of the molecule is COc1cc(C(=O)N2C=C(C)C[C@H]2CO[Si](C)(C)C(C)(C)C)c(N)cc1C. The molecule has 1 aliphatic heterocycles. The normalized spacial score (nSPS) is 17.9. The molecule has 1 aromatic carbocycles. The summed E-state index contributed by atoms with van der Waals surface area (Å²) in [6, 6.07) is 3.53. The van der Waals surface area contributed by atoms with Crippen LogP contribution < -0.4 is 10.5 Å². The lowest BCUT2D eigenvalue weighted by atomic mass is 10.1. The highest BCUT2D eigenvalue weighted by molar-refractivity contribution is 6.74. The summed E-state index contributed by atoms with van der Waals surface area (Å²) in [6.07, 6.45) is 2.75. The number of carbonyl (C=O) groups is 1. The Morgan fingerprint density at radius 1 is 1.30 bits per heavy atom. The minimum absolute atomic E-state index is 0.00155. The van der Waals surface area contributed by atoms with Crippen molar-refractivity contribution in [2.24, 2.45) is 0 Å². The van der Waals surface area contributed by atoms with Crippen LogP contribution in [0, 0.1) is 6.92 Å². The van der Waals surface area contributed by atoms with E-state index in [-0.39, 0.29) is 17.0 Å². The minimum atomic E-state index is -1.88. The molecule has 5 nitrogen and oxygen atoms in total. The lowest BCUT2D eigenvalue weighted by Crippen LogP contribution is -2.45. The Morgan fingerprint density at radius 3 is 2.48 bits per heavy atom. The smallest absolute Gasteiger partial charge is 0.260 e. The molecule has 1 aliphatic rings. The van der Waals surface area contributed by atoms with E-state index in [1.165, 1.54) is 5.57 Å².